The van der Waals surface area contributed by atoms with E-state index in [0.717, 1.165) is 11.5 Å². The van der Waals surface area contributed by atoms with E-state index in [9.17, 15) is 5.11 Å². The van der Waals surface area contributed by atoms with E-state index < -0.39 is 0 Å². The second-order valence-electron chi connectivity index (χ2n) is 4.06. The summed E-state index contributed by atoms with van der Waals surface area (Å²) in [7, 11) is 1.58. The first-order valence-electron chi connectivity index (χ1n) is 5.46. The Morgan fingerprint density at radius 3 is 3.06 bits per heavy atom. The van der Waals surface area contributed by atoms with Crippen LogP contribution in [0.25, 0.3) is 0 Å². The monoisotopic (exact) mass is 259 g/mol. The van der Waals surface area contributed by atoms with Crippen LogP contribution in [-0.2, 0) is 4.74 Å². The van der Waals surface area contributed by atoms with Gasteiger partial charge >= 0.3 is 0 Å². The molecule has 1 aromatic rings. The SMILES string of the molecule is COc1c(N)nsc1N1CC(C)OC(CO)C1. The Balaban J connectivity index is 2.20. The number of nitrogens with zero attached hydrogens (tertiary/aromatic N) is 2. The van der Waals surface area contributed by atoms with Crippen molar-refractivity contribution in [1.82, 2.24) is 4.37 Å². The standard InChI is InChI=1S/C10H17N3O3S/c1-6-3-13(4-7(5-14)16-6)10-8(15-2)9(11)12-17-10/h6-7,14H,3-5H2,1-2H3,(H2,11,12). The first-order chi connectivity index (χ1) is 8.15. The minimum Gasteiger partial charge on any atom is -0.490 e. The van der Waals surface area contributed by atoms with Crippen LogP contribution >= 0.6 is 11.5 Å². The van der Waals surface area contributed by atoms with Crippen LogP contribution in [0.15, 0.2) is 0 Å². The zero-order valence-electron chi connectivity index (χ0n) is 9.92. The lowest BCUT2D eigenvalue weighted by Gasteiger charge is -2.36. The second kappa shape index (κ2) is 5.07. The van der Waals surface area contributed by atoms with Crippen LogP contribution in [0.1, 0.15) is 6.92 Å². The maximum atomic E-state index is 9.19. The number of nitrogen functional groups attached to an aromatic ring is 1. The number of rotatable bonds is 3. The average Bonchev–Trinajstić information content (AvgIpc) is 2.69. The summed E-state index contributed by atoms with van der Waals surface area (Å²) in [5.74, 6) is 1.02. The Bertz CT molecular complexity index is 385. The molecule has 0 aromatic carbocycles. The van der Waals surface area contributed by atoms with Crippen LogP contribution in [0, 0.1) is 0 Å². The molecule has 1 saturated heterocycles. The van der Waals surface area contributed by atoms with E-state index in [1.807, 2.05) is 6.92 Å². The molecule has 1 aromatic heterocycles. The number of hydrogen-bond acceptors (Lipinski definition) is 7. The maximum absolute atomic E-state index is 9.19. The van der Waals surface area contributed by atoms with E-state index in [4.69, 9.17) is 15.2 Å². The zero-order valence-corrected chi connectivity index (χ0v) is 10.7. The number of hydrogen-bond donors (Lipinski definition) is 2. The van der Waals surface area contributed by atoms with Gasteiger partial charge in [0, 0.05) is 13.1 Å². The molecule has 2 rings (SSSR count). The van der Waals surface area contributed by atoms with Crippen molar-refractivity contribution in [2.24, 2.45) is 0 Å². The van der Waals surface area contributed by atoms with E-state index in [-0.39, 0.29) is 18.8 Å². The minimum absolute atomic E-state index is 0.0114. The molecule has 1 aliphatic heterocycles. The highest BCUT2D eigenvalue weighted by Crippen LogP contribution is 2.38. The van der Waals surface area contributed by atoms with Gasteiger partial charge in [0.05, 0.1) is 25.9 Å². The lowest BCUT2D eigenvalue weighted by molar-refractivity contribution is -0.0420. The topological polar surface area (TPSA) is 80.8 Å². The third-order valence-corrected chi connectivity index (χ3v) is 3.58. The molecular formula is C10H17N3O3S. The second-order valence-corrected chi connectivity index (χ2v) is 4.81. The van der Waals surface area contributed by atoms with Crippen LogP contribution in [-0.4, -0.2) is 48.5 Å². The highest BCUT2D eigenvalue weighted by Gasteiger charge is 2.28. The third kappa shape index (κ3) is 2.46. The molecule has 0 spiro atoms. The van der Waals surface area contributed by atoms with Crippen molar-refractivity contribution in [3.05, 3.63) is 0 Å². The Morgan fingerprint density at radius 2 is 2.41 bits per heavy atom. The van der Waals surface area contributed by atoms with Crippen molar-refractivity contribution in [2.75, 3.05) is 37.4 Å². The summed E-state index contributed by atoms with van der Waals surface area (Å²) in [6, 6.07) is 0. The van der Waals surface area contributed by atoms with Gasteiger partial charge in [-0.25, -0.2) is 0 Å². The predicted molar refractivity (Wildman–Crippen MR) is 66.7 cm³/mol. The van der Waals surface area contributed by atoms with Gasteiger partial charge in [-0.05, 0) is 18.5 Å². The molecule has 0 amide bonds. The Labute approximate surface area is 104 Å². The van der Waals surface area contributed by atoms with Crippen molar-refractivity contribution in [3.8, 4) is 5.75 Å². The fraction of sp³-hybridized carbons (Fsp3) is 0.700. The van der Waals surface area contributed by atoms with Crippen LogP contribution < -0.4 is 15.4 Å². The van der Waals surface area contributed by atoms with E-state index in [1.54, 1.807) is 7.11 Å². The predicted octanol–water partition coefficient (Wildman–Crippen LogP) is 0.320. The van der Waals surface area contributed by atoms with E-state index >= 15 is 0 Å². The van der Waals surface area contributed by atoms with Gasteiger partial charge in [0.25, 0.3) is 0 Å². The molecule has 0 saturated carbocycles. The molecule has 2 heterocycles. The summed E-state index contributed by atoms with van der Waals surface area (Å²) in [5, 5.41) is 10.1. The van der Waals surface area contributed by atoms with Crippen molar-refractivity contribution >= 4 is 22.4 Å². The number of aliphatic hydroxyl groups excluding tert-OH is 1. The lowest BCUT2D eigenvalue weighted by atomic mass is 10.2. The molecule has 96 valence electrons. The Morgan fingerprint density at radius 1 is 1.65 bits per heavy atom. The summed E-state index contributed by atoms with van der Waals surface area (Å²) in [5.41, 5.74) is 5.73. The first kappa shape index (κ1) is 12.4. The van der Waals surface area contributed by atoms with Crippen molar-refractivity contribution in [3.63, 3.8) is 0 Å². The molecule has 3 N–H and O–H groups in total. The van der Waals surface area contributed by atoms with Gasteiger partial charge in [-0.15, -0.1) is 0 Å². The largest absolute Gasteiger partial charge is 0.490 e. The molecular weight excluding hydrogens is 242 g/mol. The number of ether oxygens (including phenoxy) is 2. The number of aromatic nitrogens is 1. The summed E-state index contributed by atoms with van der Waals surface area (Å²) < 4.78 is 14.9. The summed E-state index contributed by atoms with van der Waals surface area (Å²) in [6.07, 6.45) is -0.110. The van der Waals surface area contributed by atoms with Gasteiger partial charge in [-0.1, -0.05) is 0 Å². The van der Waals surface area contributed by atoms with Crippen LogP contribution in [0.4, 0.5) is 10.8 Å². The molecule has 0 radical (unpaired) electrons. The van der Waals surface area contributed by atoms with Gasteiger partial charge < -0.3 is 25.2 Å². The van der Waals surface area contributed by atoms with Gasteiger partial charge in [0.2, 0.25) is 0 Å². The molecule has 6 nitrogen and oxygen atoms in total. The first-order valence-corrected chi connectivity index (χ1v) is 6.23. The average molecular weight is 259 g/mol. The van der Waals surface area contributed by atoms with E-state index in [0.29, 0.717) is 18.1 Å². The molecule has 1 fully saturated rings. The summed E-state index contributed by atoms with van der Waals surface area (Å²) >= 11 is 1.31. The fourth-order valence-electron chi connectivity index (χ4n) is 1.99. The van der Waals surface area contributed by atoms with Crippen LogP contribution in [0.3, 0.4) is 0 Å². The highest BCUT2D eigenvalue weighted by atomic mass is 32.1. The van der Waals surface area contributed by atoms with E-state index in [2.05, 4.69) is 9.27 Å². The van der Waals surface area contributed by atoms with Gasteiger partial charge in [0.1, 0.15) is 0 Å². The summed E-state index contributed by atoms with van der Waals surface area (Å²) in [4.78, 5) is 2.10. The number of morpholine rings is 1. The molecule has 2 unspecified atom stereocenters. The smallest absolute Gasteiger partial charge is 0.197 e. The number of methoxy groups -OCH3 is 1. The molecule has 2 atom stereocenters. The highest BCUT2D eigenvalue weighted by molar-refractivity contribution is 7.11. The Kier molecular flexibility index (Phi) is 3.70. The zero-order chi connectivity index (χ0) is 12.4. The lowest BCUT2D eigenvalue weighted by Crippen LogP contribution is -2.47. The van der Waals surface area contributed by atoms with Crippen molar-refractivity contribution in [1.29, 1.82) is 0 Å². The molecule has 17 heavy (non-hydrogen) atoms. The fourth-order valence-corrected chi connectivity index (χ4v) is 2.79. The number of aliphatic hydroxyl groups is 1. The van der Waals surface area contributed by atoms with Crippen LogP contribution in [0.2, 0.25) is 0 Å². The summed E-state index contributed by atoms with van der Waals surface area (Å²) in [6.45, 7) is 3.36. The minimum atomic E-state index is -0.174. The number of anilines is 2. The molecule has 7 heteroatoms. The van der Waals surface area contributed by atoms with Crippen molar-refractivity contribution in [2.45, 2.75) is 19.1 Å². The quantitative estimate of drug-likeness (QED) is 0.813. The van der Waals surface area contributed by atoms with Gasteiger partial charge in [-0.3, -0.25) is 0 Å². The normalized spacial score (nSPS) is 25.0. The molecule has 0 bridgehead atoms. The van der Waals surface area contributed by atoms with E-state index in [1.165, 1.54) is 11.5 Å². The third-order valence-electron chi connectivity index (χ3n) is 2.68. The van der Waals surface area contributed by atoms with Gasteiger partial charge in [-0.2, -0.15) is 4.37 Å². The Hall–Kier alpha value is -1.05. The number of nitrogens with two attached hydrogens (primary N) is 1. The van der Waals surface area contributed by atoms with Crippen LogP contribution in [0.5, 0.6) is 5.75 Å². The van der Waals surface area contributed by atoms with Crippen molar-refractivity contribution < 1.29 is 14.6 Å². The van der Waals surface area contributed by atoms with Gasteiger partial charge in [0.15, 0.2) is 16.6 Å². The molecule has 0 aliphatic carbocycles. The molecule has 1 aliphatic rings. The maximum Gasteiger partial charge on any atom is 0.197 e.